The number of carboxylic acids is 1. The summed E-state index contributed by atoms with van der Waals surface area (Å²) < 4.78 is 5.35. The number of amides is 1. The summed E-state index contributed by atoms with van der Waals surface area (Å²) in [6.07, 6.45) is 4.08. The highest BCUT2D eigenvalue weighted by Crippen LogP contribution is 2.18. The molecule has 2 aromatic heterocycles. The molecule has 0 aliphatic carbocycles. The highest BCUT2D eigenvalue weighted by molar-refractivity contribution is 7.11. The molecule has 0 radical (unpaired) electrons. The summed E-state index contributed by atoms with van der Waals surface area (Å²) in [7, 11) is 0. The van der Waals surface area contributed by atoms with Crippen LogP contribution in [0.3, 0.4) is 0 Å². The zero-order valence-electron chi connectivity index (χ0n) is 11.5. The predicted octanol–water partition coefficient (Wildman–Crippen LogP) is 2.63. The van der Waals surface area contributed by atoms with Crippen LogP contribution in [0.1, 0.15) is 39.9 Å². The number of aromatic nitrogens is 1. The van der Waals surface area contributed by atoms with Gasteiger partial charge in [-0.1, -0.05) is 0 Å². The molecule has 1 unspecified atom stereocenters. The first-order valence-corrected chi connectivity index (χ1v) is 7.06. The van der Waals surface area contributed by atoms with E-state index < -0.39 is 5.97 Å². The second-order valence-corrected chi connectivity index (χ2v) is 5.36. The number of thiophene rings is 1. The van der Waals surface area contributed by atoms with Gasteiger partial charge in [0.2, 0.25) is 5.89 Å². The Labute approximate surface area is 125 Å². The average molecular weight is 306 g/mol. The minimum Gasteiger partial charge on any atom is -0.478 e. The van der Waals surface area contributed by atoms with Crippen LogP contribution in [-0.4, -0.2) is 22.0 Å². The topological polar surface area (TPSA) is 92.4 Å². The van der Waals surface area contributed by atoms with Crippen molar-refractivity contribution in [1.29, 1.82) is 0 Å². The Morgan fingerprint density at radius 3 is 2.90 bits per heavy atom. The number of nitrogens with one attached hydrogen (secondary N) is 1. The number of aliphatic carboxylic acids is 1. The third kappa shape index (κ3) is 4.03. The van der Waals surface area contributed by atoms with E-state index in [4.69, 9.17) is 9.52 Å². The molecule has 0 bridgehead atoms. The van der Waals surface area contributed by atoms with Crippen molar-refractivity contribution in [3.8, 4) is 0 Å². The van der Waals surface area contributed by atoms with Crippen LogP contribution >= 0.6 is 11.3 Å². The third-order valence-electron chi connectivity index (χ3n) is 2.63. The molecule has 0 aromatic carbocycles. The SMILES string of the molecule is Cc1cnc(C(C)NC(=O)c2csc(/C=C/C(=O)O)c2)o1. The van der Waals surface area contributed by atoms with Crippen LogP contribution in [-0.2, 0) is 4.79 Å². The van der Waals surface area contributed by atoms with Gasteiger partial charge in [0.05, 0.1) is 11.8 Å². The zero-order chi connectivity index (χ0) is 15.4. The number of rotatable bonds is 5. The lowest BCUT2D eigenvalue weighted by Gasteiger charge is -2.09. The summed E-state index contributed by atoms with van der Waals surface area (Å²) in [6, 6.07) is 1.29. The van der Waals surface area contributed by atoms with Gasteiger partial charge in [0.1, 0.15) is 11.8 Å². The Morgan fingerprint density at radius 2 is 2.29 bits per heavy atom. The van der Waals surface area contributed by atoms with Gasteiger partial charge in [-0.3, -0.25) is 4.79 Å². The highest BCUT2D eigenvalue weighted by Gasteiger charge is 2.16. The molecule has 2 heterocycles. The number of nitrogens with zero attached hydrogens (tertiary/aromatic N) is 1. The van der Waals surface area contributed by atoms with E-state index in [0.717, 1.165) is 6.08 Å². The normalized spacial score (nSPS) is 12.5. The monoisotopic (exact) mass is 306 g/mol. The summed E-state index contributed by atoms with van der Waals surface area (Å²) in [5.74, 6) is -0.156. The van der Waals surface area contributed by atoms with Crippen molar-refractivity contribution < 1.29 is 19.1 Å². The molecule has 7 heteroatoms. The number of aryl methyl sites for hydroxylation is 1. The Morgan fingerprint density at radius 1 is 1.52 bits per heavy atom. The van der Waals surface area contributed by atoms with Gasteiger partial charge in [-0.25, -0.2) is 9.78 Å². The van der Waals surface area contributed by atoms with Gasteiger partial charge in [-0.2, -0.15) is 0 Å². The minimum atomic E-state index is -1.03. The lowest BCUT2D eigenvalue weighted by atomic mass is 10.2. The van der Waals surface area contributed by atoms with Crippen molar-refractivity contribution in [2.24, 2.45) is 0 Å². The summed E-state index contributed by atoms with van der Waals surface area (Å²) in [5.41, 5.74) is 0.472. The second-order valence-electron chi connectivity index (χ2n) is 4.41. The highest BCUT2D eigenvalue weighted by atomic mass is 32.1. The molecule has 0 aliphatic heterocycles. The van der Waals surface area contributed by atoms with Crippen LogP contribution < -0.4 is 5.32 Å². The van der Waals surface area contributed by atoms with E-state index >= 15 is 0 Å². The lowest BCUT2D eigenvalue weighted by molar-refractivity contribution is -0.131. The van der Waals surface area contributed by atoms with Crippen molar-refractivity contribution in [1.82, 2.24) is 10.3 Å². The van der Waals surface area contributed by atoms with Crippen molar-refractivity contribution >= 4 is 29.3 Å². The Balaban J connectivity index is 2.02. The number of carbonyl (C=O) groups is 2. The van der Waals surface area contributed by atoms with E-state index in [-0.39, 0.29) is 11.9 Å². The van der Waals surface area contributed by atoms with Gasteiger partial charge in [-0.05, 0) is 26.0 Å². The van der Waals surface area contributed by atoms with E-state index in [2.05, 4.69) is 10.3 Å². The third-order valence-corrected chi connectivity index (χ3v) is 3.53. The fourth-order valence-corrected chi connectivity index (χ4v) is 2.41. The fraction of sp³-hybridized carbons (Fsp3) is 0.214. The summed E-state index contributed by atoms with van der Waals surface area (Å²) in [5, 5.41) is 13.0. The molecule has 1 amide bonds. The van der Waals surface area contributed by atoms with Crippen molar-refractivity contribution in [2.45, 2.75) is 19.9 Å². The average Bonchev–Trinajstić information content (AvgIpc) is 3.05. The molecule has 1 atom stereocenters. The molecule has 2 aromatic rings. The maximum Gasteiger partial charge on any atom is 0.328 e. The maximum absolute atomic E-state index is 12.1. The molecule has 6 nitrogen and oxygen atoms in total. The van der Waals surface area contributed by atoms with E-state index in [1.165, 1.54) is 17.4 Å². The van der Waals surface area contributed by atoms with E-state index in [1.807, 2.05) is 0 Å². The molecule has 21 heavy (non-hydrogen) atoms. The van der Waals surface area contributed by atoms with Gasteiger partial charge in [0, 0.05) is 16.3 Å². The smallest absolute Gasteiger partial charge is 0.328 e. The van der Waals surface area contributed by atoms with Gasteiger partial charge in [0.15, 0.2) is 0 Å². The van der Waals surface area contributed by atoms with Gasteiger partial charge in [0.25, 0.3) is 5.91 Å². The van der Waals surface area contributed by atoms with Crippen LogP contribution in [0.4, 0.5) is 0 Å². The van der Waals surface area contributed by atoms with Gasteiger partial charge < -0.3 is 14.8 Å². The van der Waals surface area contributed by atoms with Crippen molar-refractivity contribution in [3.05, 3.63) is 45.8 Å². The number of hydrogen-bond donors (Lipinski definition) is 2. The molecular formula is C14H14N2O4S. The maximum atomic E-state index is 12.1. The molecule has 0 saturated heterocycles. The predicted molar refractivity (Wildman–Crippen MR) is 78.1 cm³/mol. The Bertz CT molecular complexity index is 687. The summed E-state index contributed by atoms with van der Waals surface area (Å²) >= 11 is 1.30. The van der Waals surface area contributed by atoms with E-state index in [9.17, 15) is 9.59 Å². The molecule has 0 saturated carbocycles. The van der Waals surface area contributed by atoms with E-state index in [0.29, 0.717) is 22.1 Å². The number of carboxylic acid groups (broad SMARTS) is 1. The first-order chi connectivity index (χ1) is 9.95. The molecule has 0 fully saturated rings. The quantitative estimate of drug-likeness (QED) is 0.828. The molecule has 2 rings (SSSR count). The van der Waals surface area contributed by atoms with Crippen LogP contribution in [0.25, 0.3) is 6.08 Å². The first kappa shape index (κ1) is 15.0. The van der Waals surface area contributed by atoms with Crippen molar-refractivity contribution in [3.63, 3.8) is 0 Å². The summed E-state index contributed by atoms with van der Waals surface area (Å²) in [4.78, 5) is 27.3. The first-order valence-electron chi connectivity index (χ1n) is 6.18. The van der Waals surface area contributed by atoms with Crippen LogP contribution in [0, 0.1) is 6.92 Å². The number of oxazole rings is 1. The fourth-order valence-electron chi connectivity index (χ4n) is 1.63. The van der Waals surface area contributed by atoms with E-state index in [1.54, 1.807) is 31.5 Å². The zero-order valence-corrected chi connectivity index (χ0v) is 12.3. The van der Waals surface area contributed by atoms with Gasteiger partial charge in [-0.15, -0.1) is 11.3 Å². The molecule has 2 N–H and O–H groups in total. The Hall–Kier alpha value is -2.41. The minimum absolute atomic E-state index is 0.260. The number of carbonyl (C=O) groups excluding carboxylic acids is 1. The molecular weight excluding hydrogens is 292 g/mol. The standard InChI is InChI=1S/C14H14N2O4S/c1-8-6-15-14(20-8)9(2)16-13(19)10-5-11(21-7-10)3-4-12(17)18/h3-7,9H,1-2H3,(H,16,19)(H,17,18)/b4-3+. The molecule has 110 valence electrons. The van der Waals surface area contributed by atoms with Crippen LogP contribution in [0.2, 0.25) is 0 Å². The number of hydrogen-bond acceptors (Lipinski definition) is 5. The summed E-state index contributed by atoms with van der Waals surface area (Å²) in [6.45, 7) is 3.56. The van der Waals surface area contributed by atoms with Gasteiger partial charge >= 0.3 is 5.97 Å². The lowest BCUT2D eigenvalue weighted by Crippen LogP contribution is -2.26. The van der Waals surface area contributed by atoms with Crippen LogP contribution in [0.5, 0.6) is 0 Å². The second kappa shape index (κ2) is 6.36. The molecule has 0 aliphatic rings. The molecule has 0 spiro atoms. The largest absolute Gasteiger partial charge is 0.478 e. The van der Waals surface area contributed by atoms with Crippen LogP contribution in [0.15, 0.2) is 28.1 Å². The van der Waals surface area contributed by atoms with Crippen molar-refractivity contribution in [2.75, 3.05) is 0 Å². The Kier molecular flexibility index (Phi) is 4.54.